The van der Waals surface area contributed by atoms with Crippen molar-refractivity contribution in [3.63, 3.8) is 0 Å². The van der Waals surface area contributed by atoms with Gasteiger partial charge >= 0.3 is 0 Å². The highest BCUT2D eigenvalue weighted by molar-refractivity contribution is 6.00. The Morgan fingerprint density at radius 3 is 2.68 bits per heavy atom. The van der Waals surface area contributed by atoms with Crippen molar-refractivity contribution in [2.24, 2.45) is 5.92 Å². The van der Waals surface area contributed by atoms with Crippen molar-refractivity contribution in [3.8, 4) is 5.75 Å². The molecule has 9 heteroatoms. The van der Waals surface area contributed by atoms with Gasteiger partial charge in [-0.2, -0.15) is 0 Å². The number of aromatic hydroxyl groups is 1. The summed E-state index contributed by atoms with van der Waals surface area (Å²) in [5.41, 5.74) is -1.19. The van der Waals surface area contributed by atoms with E-state index in [2.05, 4.69) is 0 Å². The van der Waals surface area contributed by atoms with Crippen molar-refractivity contribution in [1.29, 1.82) is 0 Å². The molecule has 0 radical (unpaired) electrons. The molecule has 1 fully saturated rings. The first-order chi connectivity index (χ1) is 14.7. The van der Waals surface area contributed by atoms with E-state index in [1.807, 2.05) is 18.9 Å². The molecule has 0 saturated carbocycles. The number of fused-ring (bicyclic) bond motifs is 3. The lowest BCUT2D eigenvalue weighted by molar-refractivity contribution is 0.0604. The average Bonchev–Trinajstić information content (AvgIpc) is 3.10. The molecule has 2 aliphatic rings. The molecule has 0 bridgehead atoms. The number of hydrogen-bond donors (Lipinski definition) is 1. The topological polar surface area (TPSA) is 82.9 Å². The fraction of sp³-hybridized carbons (Fsp3) is 0.409. The number of ketones is 1. The largest absolute Gasteiger partial charge is 0.502 e. The summed E-state index contributed by atoms with van der Waals surface area (Å²) in [5.74, 6) is -3.02. The van der Waals surface area contributed by atoms with E-state index in [-0.39, 0.29) is 41.7 Å². The Kier molecular flexibility index (Phi) is 5.28. The van der Waals surface area contributed by atoms with Crippen molar-refractivity contribution in [2.45, 2.75) is 39.3 Å². The van der Waals surface area contributed by atoms with Gasteiger partial charge in [0.05, 0.1) is 5.56 Å². The number of nitrogens with zero attached hydrogens (tertiary/aromatic N) is 3. The van der Waals surface area contributed by atoms with Crippen molar-refractivity contribution in [3.05, 3.63) is 63.1 Å². The van der Waals surface area contributed by atoms with Crippen LogP contribution in [0.1, 0.15) is 53.1 Å². The maximum absolute atomic E-state index is 13.9. The zero-order valence-electron chi connectivity index (χ0n) is 17.3. The van der Waals surface area contributed by atoms with Crippen LogP contribution in [0.25, 0.3) is 0 Å². The van der Waals surface area contributed by atoms with Gasteiger partial charge < -0.3 is 10.0 Å². The fourth-order valence-corrected chi connectivity index (χ4v) is 4.44. The van der Waals surface area contributed by atoms with Crippen LogP contribution in [-0.2, 0) is 6.42 Å². The number of carbonyl (C=O) groups excluding carboxylic acids is 2. The van der Waals surface area contributed by atoms with Crippen molar-refractivity contribution < 1.29 is 23.5 Å². The molecule has 1 aromatic carbocycles. The molecule has 2 aliphatic heterocycles. The molecule has 1 N–H and O–H groups in total. The lowest BCUT2D eigenvalue weighted by atomic mass is 10.0. The number of carbonyl (C=O) groups is 2. The van der Waals surface area contributed by atoms with E-state index >= 15 is 0 Å². The Morgan fingerprint density at radius 1 is 1.26 bits per heavy atom. The minimum atomic E-state index is -0.925. The molecule has 0 aliphatic carbocycles. The number of Topliss-reactive ketones (excluding diaryl/α,β-unsaturated/α-hetero) is 1. The van der Waals surface area contributed by atoms with Gasteiger partial charge in [0.1, 0.15) is 17.8 Å². The number of hydrogen-bond acceptors (Lipinski definition) is 5. The third-order valence-electron chi connectivity index (χ3n) is 6.00. The lowest BCUT2D eigenvalue weighted by Gasteiger charge is -2.42. The zero-order chi connectivity index (χ0) is 22.4. The monoisotopic (exact) mass is 431 g/mol. The van der Waals surface area contributed by atoms with E-state index in [0.29, 0.717) is 13.1 Å². The van der Waals surface area contributed by atoms with E-state index in [0.717, 1.165) is 18.6 Å². The number of aromatic nitrogens is 1. The van der Waals surface area contributed by atoms with Crippen LogP contribution in [0.5, 0.6) is 5.75 Å². The summed E-state index contributed by atoms with van der Waals surface area (Å²) in [6.07, 6.45) is 1.58. The predicted octanol–water partition coefficient (Wildman–Crippen LogP) is 2.43. The summed E-state index contributed by atoms with van der Waals surface area (Å²) in [7, 11) is 0. The summed E-state index contributed by atoms with van der Waals surface area (Å²) in [6, 6.07) is 3.09. The van der Waals surface area contributed by atoms with E-state index in [1.54, 1.807) is 4.90 Å². The van der Waals surface area contributed by atoms with Gasteiger partial charge in [-0.05, 0) is 37.3 Å². The summed E-state index contributed by atoms with van der Waals surface area (Å²) in [4.78, 5) is 40.0. The average molecular weight is 431 g/mol. The highest BCUT2D eigenvalue weighted by Crippen LogP contribution is 2.32. The Hall–Kier alpha value is -3.23. The second kappa shape index (κ2) is 7.79. The zero-order valence-corrected chi connectivity index (χ0v) is 17.3. The molecule has 2 aromatic rings. The predicted molar refractivity (Wildman–Crippen MR) is 109 cm³/mol. The number of amides is 1. The smallest absolute Gasteiger partial charge is 0.278 e. The van der Waals surface area contributed by atoms with Gasteiger partial charge in [0.2, 0.25) is 5.43 Å². The van der Waals surface area contributed by atoms with Crippen LogP contribution in [0.15, 0.2) is 29.2 Å². The second-order valence-corrected chi connectivity index (χ2v) is 8.11. The van der Waals surface area contributed by atoms with Crippen molar-refractivity contribution >= 4 is 11.7 Å². The summed E-state index contributed by atoms with van der Waals surface area (Å²) in [6.45, 7) is 4.89. The highest BCUT2D eigenvalue weighted by atomic mass is 19.1. The minimum absolute atomic E-state index is 0.0290. The third-order valence-corrected chi connectivity index (χ3v) is 6.00. The lowest BCUT2D eigenvalue weighted by Crippen LogP contribution is -2.58. The van der Waals surface area contributed by atoms with Crippen LogP contribution in [-0.4, -0.2) is 45.6 Å². The Bertz CT molecular complexity index is 1130. The van der Waals surface area contributed by atoms with Gasteiger partial charge in [0.25, 0.3) is 5.91 Å². The highest BCUT2D eigenvalue weighted by Gasteiger charge is 2.44. The molecule has 2 atom stereocenters. The fourth-order valence-electron chi connectivity index (χ4n) is 4.44. The van der Waals surface area contributed by atoms with E-state index in [9.17, 15) is 28.3 Å². The first-order valence-corrected chi connectivity index (χ1v) is 10.3. The molecule has 1 saturated heterocycles. The number of benzene rings is 1. The number of halogens is 2. The van der Waals surface area contributed by atoms with E-state index in [4.69, 9.17) is 0 Å². The number of pyridine rings is 1. The SMILES string of the molecule is CCN1C(=O)c2c(O)c(=O)c(C(=O)CCc3ccc(F)cc3F)cn2N2C[C@@H](C)C[C@@H]12. The normalized spacial score (nSPS) is 20.1. The molecule has 4 rings (SSSR count). The molecule has 1 amide bonds. The quantitative estimate of drug-likeness (QED) is 0.736. The Morgan fingerprint density at radius 2 is 2.00 bits per heavy atom. The van der Waals surface area contributed by atoms with Crippen LogP contribution < -0.4 is 10.4 Å². The van der Waals surface area contributed by atoms with E-state index < -0.39 is 34.5 Å². The first kappa shape index (κ1) is 21.0. The summed E-state index contributed by atoms with van der Waals surface area (Å²) >= 11 is 0. The standard InChI is InChI=1S/C22H23F2N3O4/c1-3-25-18-8-12(2)10-26(18)27-11-15(20(29)21(30)19(27)22(25)31)17(28)7-5-13-4-6-14(23)9-16(13)24/h4,6,9,11-12,18,30H,3,5,7-8,10H2,1-2H3/t12-,18-/m0/s1. The van der Waals surface area contributed by atoms with Crippen molar-refractivity contribution in [2.75, 3.05) is 18.1 Å². The molecule has 31 heavy (non-hydrogen) atoms. The Balaban J connectivity index is 1.69. The molecule has 0 unspecified atom stereocenters. The van der Waals surface area contributed by atoms with Gasteiger partial charge in [-0.1, -0.05) is 13.0 Å². The van der Waals surface area contributed by atoms with Crippen LogP contribution in [0.2, 0.25) is 0 Å². The molecule has 3 heterocycles. The number of aryl methyl sites for hydroxylation is 1. The van der Waals surface area contributed by atoms with E-state index in [1.165, 1.54) is 16.9 Å². The van der Waals surface area contributed by atoms with Gasteiger partial charge in [-0.15, -0.1) is 0 Å². The molecular weight excluding hydrogens is 408 g/mol. The maximum atomic E-state index is 13.9. The van der Waals surface area contributed by atoms with Crippen LogP contribution in [0, 0.1) is 17.6 Å². The van der Waals surface area contributed by atoms with Gasteiger partial charge in [0, 0.05) is 31.8 Å². The molecule has 0 spiro atoms. The first-order valence-electron chi connectivity index (χ1n) is 10.3. The van der Waals surface area contributed by atoms with Crippen LogP contribution in [0.4, 0.5) is 8.78 Å². The summed E-state index contributed by atoms with van der Waals surface area (Å²) in [5, 5.41) is 12.4. The van der Waals surface area contributed by atoms with Gasteiger partial charge in [-0.25, -0.2) is 8.78 Å². The van der Waals surface area contributed by atoms with Crippen molar-refractivity contribution in [1.82, 2.24) is 9.58 Å². The second-order valence-electron chi connectivity index (χ2n) is 8.11. The molecular formula is C22H23F2N3O4. The van der Waals surface area contributed by atoms with Crippen LogP contribution >= 0.6 is 0 Å². The summed E-state index contributed by atoms with van der Waals surface area (Å²) < 4.78 is 28.4. The number of rotatable bonds is 5. The molecule has 1 aromatic heterocycles. The minimum Gasteiger partial charge on any atom is -0.502 e. The van der Waals surface area contributed by atoms with Gasteiger partial charge in [-0.3, -0.25) is 24.1 Å². The van der Waals surface area contributed by atoms with Crippen LogP contribution in [0.3, 0.4) is 0 Å². The Labute approximate surface area is 177 Å². The maximum Gasteiger partial charge on any atom is 0.278 e. The molecule has 164 valence electrons. The molecule has 7 nitrogen and oxygen atoms in total. The third kappa shape index (κ3) is 3.47. The van der Waals surface area contributed by atoms with Gasteiger partial charge in [0.15, 0.2) is 17.2 Å².